The van der Waals surface area contributed by atoms with Gasteiger partial charge in [-0.1, -0.05) is 31.4 Å². The highest BCUT2D eigenvalue weighted by Crippen LogP contribution is 2.32. The number of anilines is 1. The van der Waals surface area contributed by atoms with Crippen molar-refractivity contribution in [2.45, 2.75) is 50.6 Å². The quantitative estimate of drug-likeness (QED) is 0.834. The molecule has 0 radical (unpaired) electrons. The fourth-order valence-electron chi connectivity index (χ4n) is 4.69. The van der Waals surface area contributed by atoms with Gasteiger partial charge in [-0.15, -0.1) is 0 Å². The van der Waals surface area contributed by atoms with Crippen LogP contribution in [0.15, 0.2) is 24.3 Å². The molecule has 2 aliphatic rings. The maximum atomic E-state index is 13.2. The minimum Gasteiger partial charge on any atom is -0.495 e. The van der Waals surface area contributed by atoms with E-state index in [4.69, 9.17) is 4.74 Å². The molecule has 1 amide bonds. The number of nitrogens with one attached hydrogen (secondary N) is 1. The number of carbonyl (C=O) groups is 1. The van der Waals surface area contributed by atoms with Crippen molar-refractivity contribution < 1.29 is 14.4 Å². The van der Waals surface area contributed by atoms with Crippen molar-refractivity contribution in [3.8, 4) is 11.8 Å². The summed E-state index contributed by atoms with van der Waals surface area (Å²) in [6.07, 6.45) is 4.83. The minimum atomic E-state index is -0.609. The van der Waals surface area contributed by atoms with E-state index in [1.54, 1.807) is 12.0 Å². The van der Waals surface area contributed by atoms with Gasteiger partial charge in [0.2, 0.25) is 0 Å². The van der Waals surface area contributed by atoms with Gasteiger partial charge < -0.3 is 19.4 Å². The van der Waals surface area contributed by atoms with Crippen LogP contribution in [0.25, 0.3) is 0 Å². The van der Waals surface area contributed by atoms with Crippen LogP contribution in [0.5, 0.6) is 5.75 Å². The third kappa shape index (κ3) is 3.95. The van der Waals surface area contributed by atoms with E-state index in [1.807, 2.05) is 32.2 Å². The number of likely N-dealkylation sites (N-methyl/N-ethyl adjacent to an activating group) is 1. The molecule has 0 bridgehead atoms. The molecule has 6 heteroatoms. The monoisotopic (exact) mass is 385 g/mol. The minimum absolute atomic E-state index is 0.101. The Bertz CT molecular complexity index is 715. The standard InChI is InChI=1S/C22H32N4O2/c1-18(21(27)24(2)22(17-23)11-7-4-8-12-22)25-13-15-26(16-14-25)19-9-5-6-10-20(19)28-3/h5-6,9-10,18H,4,7-8,11-16H2,1-3H3/p+1/t18-/m0/s1. The number of carbonyl (C=O) groups excluding carboxylic acids is 1. The smallest absolute Gasteiger partial charge is 0.281 e. The molecule has 3 rings (SSSR count). The molecule has 1 saturated heterocycles. The first-order chi connectivity index (χ1) is 13.5. The van der Waals surface area contributed by atoms with Crippen molar-refractivity contribution >= 4 is 11.6 Å². The Kier molecular flexibility index (Phi) is 6.46. The number of ether oxygens (including phenoxy) is 1. The average molecular weight is 386 g/mol. The lowest BCUT2D eigenvalue weighted by molar-refractivity contribution is -0.915. The Labute approximate surface area is 168 Å². The summed E-state index contributed by atoms with van der Waals surface area (Å²) in [7, 11) is 3.53. The maximum Gasteiger partial charge on any atom is 0.281 e. The van der Waals surface area contributed by atoms with E-state index in [9.17, 15) is 10.1 Å². The first-order valence-corrected chi connectivity index (χ1v) is 10.4. The van der Waals surface area contributed by atoms with Crippen LogP contribution in [0.4, 0.5) is 5.69 Å². The fraction of sp³-hybridized carbons (Fsp3) is 0.636. The Morgan fingerprint density at radius 2 is 1.89 bits per heavy atom. The Hall–Kier alpha value is -2.26. The molecule has 2 fully saturated rings. The van der Waals surface area contributed by atoms with Gasteiger partial charge in [0.25, 0.3) is 5.91 Å². The predicted octanol–water partition coefficient (Wildman–Crippen LogP) is 1.47. The van der Waals surface area contributed by atoms with E-state index in [0.29, 0.717) is 0 Å². The van der Waals surface area contributed by atoms with E-state index in [2.05, 4.69) is 17.0 Å². The summed E-state index contributed by atoms with van der Waals surface area (Å²) in [4.78, 5) is 18.6. The SMILES string of the molecule is COc1ccccc1N1CC[NH+]([C@@H](C)C(=O)N(C)C2(C#N)CCCCC2)CC1. The highest BCUT2D eigenvalue weighted by atomic mass is 16.5. The second-order valence-corrected chi connectivity index (χ2v) is 8.14. The maximum absolute atomic E-state index is 13.2. The molecule has 1 atom stereocenters. The van der Waals surface area contributed by atoms with Gasteiger partial charge in [-0.25, -0.2) is 0 Å². The molecule has 1 saturated carbocycles. The molecule has 1 aliphatic carbocycles. The Morgan fingerprint density at radius 3 is 2.50 bits per heavy atom. The van der Waals surface area contributed by atoms with Gasteiger partial charge in [0.15, 0.2) is 6.04 Å². The molecule has 28 heavy (non-hydrogen) atoms. The van der Waals surface area contributed by atoms with Gasteiger partial charge in [-0.3, -0.25) is 4.79 Å². The van der Waals surface area contributed by atoms with Crippen LogP contribution in [-0.4, -0.2) is 62.7 Å². The summed E-state index contributed by atoms with van der Waals surface area (Å²) in [5, 5.41) is 9.79. The topological polar surface area (TPSA) is 61.0 Å². The van der Waals surface area contributed by atoms with Gasteiger partial charge >= 0.3 is 0 Å². The number of hydrogen-bond acceptors (Lipinski definition) is 4. The van der Waals surface area contributed by atoms with Gasteiger partial charge in [0.05, 0.1) is 45.0 Å². The number of nitriles is 1. The summed E-state index contributed by atoms with van der Waals surface area (Å²) in [6.45, 7) is 5.60. The lowest BCUT2D eigenvalue weighted by Gasteiger charge is -2.42. The van der Waals surface area contributed by atoms with Crippen LogP contribution in [-0.2, 0) is 4.79 Å². The third-order valence-electron chi connectivity index (χ3n) is 6.68. The predicted molar refractivity (Wildman–Crippen MR) is 110 cm³/mol. The zero-order chi connectivity index (χ0) is 20.1. The molecular weight excluding hydrogens is 352 g/mol. The molecule has 6 nitrogen and oxygen atoms in total. The first-order valence-electron chi connectivity index (χ1n) is 10.4. The van der Waals surface area contributed by atoms with Crippen LogP contribution < -0.4 is 14.5 Å². The third-order valence-corrected chi connectivity index (χ3v) is 6.68. The zero-order valence-electron chi connectivity index (χ0n) is 17.4. The number of methoxy groups -OCH3 is 1. The van der Waals surface area contributed by atoms with Crippen molar-refractivity contribution in [2.24, 2.45) is 0 Å². The number of quaternary nitrogens is 1. The molecule has 1 aromatic rings. The number of rotatable bonds is 5. The first kappa shape index (κ1) is 20.5. The molecular formula is C22H33N4O2+. The zero-order valence-corrected chi connectivity index (χ0v) is 17.4. The molecule has 0 aromatic heterocycles. The Morgan fingerprint density at radius 1 is 1.25 bits per heavy atom. The second kappa shape index (κ2) is 8.83. The summed E-state index contributed by atoms with van der Waals surface area (Å²) in [5.41, 5.74) is 0.508. The van der Waals surface area contributed by atoms with Crippen molar-refractivity contribution in [3.05, 3.63) is 24.3 Å². The van der Waals surface area contributed by atoms with Gasteiger partial charge in [-0.2, -0.15) is 5.26 Å². The summed E-state index contributed by atoms with van der Waals surface area (Å²) in [6, 6.07) is 10.4. The normalized spacial score (nSPS) is 20.9. The van der Waals surface area contributed by atoms with Crippen LogP contribution in [0.2, 0.25) is 0 Å². The van der Waals surface area contributed by atoms with E-state index in [1.165, 1.54) is 4.90 Å². The van der Waals surface area contributed by atoms with E-state index >= 15 is 0 Å². The average Bonchev–Trinajstić information content (AvgIpc) is 2.78. The summed E-state index contributed by atoms with van der Waals surface area (Å²) < 4.78 is 5.49. The lowest BCUT2D eigenvalue weighted by atomic mass is 9.81. The molecule has 1 N–H and O–H groups in total. The number of amides is 1. The van der Waals surface area contributed by atoms with E-state index in [0.717, 1.165) is 69.7 Å². The number of nitrogens with zero attached hydrogens (tertiary/aromatic N) is 3. The van der Waals surface area contributed by atoms with Gasteiger partial charge in [-0.05, 0) is 31.9 Å². The van der Waals surface area contributed by atoms with Crippen molar-refractivity contribution in [3.63, 3.8) is 0 Å². The van der Waals surface area contributed by atoms with Crippen LogP contribution >= 0.6 is 0 Å². The Balaban J connectivity index is 1.62. The highest BCUT2D eigenvalue weighted by molar-refractivity contribution is 5.81. The summed E-state index contributed by atoms with van der Waals surface area (Å²) >= 11 is 0. The molecule has 1 aliphatic heterocycles. The molecule has 0 spiro atoms. The van der Waals surface area contributed by atoms with Gasteiger partial charge in [0, 0.05) is 7.05 Å². The molecule has 152 valence electrons. The van der Waals surface area contributed by atoms with Crippen molar-refractivity contribution in [1.29, 1.82) is 5.26 Å². The highest BCUT2D eigenvalue weighted by Gasteiger charge is 2.42. The van der Waals surface area contributed by atoms with E-state index < -0.39 is 5.54 Å². The van der Waals surface area contributed by atoms with Crippen LogP contribution in [0.1, 0.15) is 39.0 Å². The summed E-state index contributed by atoms with van der Waals surface area (Å²) in [5.74, 6) is 0.993. The number of piperazine rings is 1. The van der Waals surface area contributed by atoms with Crippen LogP contribution in [0.3, 0.4) is 0 Å². The number of para-hydroxylation sites is 2. The number of hydrogen-bond donors (Lipinski definition) is 1. The fourth-order valence-corrected chi connectivity index (χ4v) is 4.69. The van der Waals surface area contributed by atoms with Crippen LogP contribution in [0, 0.1) is 11.3 Å². The van der Waals surface area contributed by atoms with E-state index in [-0.39, 0.29) is 11.9 Å². The largest absolute Gasteiger partial charge is 0.495 e. The van der Waals surface area contributed by atoms with Gasteiger partial charge in [0.1, 0.15) is 11.3 Å². The van der Waals surface area contributed by atoms with Crippen molar-refractivity contribution in [2.75, 3.05) is 45.2 Å². The number of benzene rings is 1. The molecule has 0 unspecified atom stereocenters. The van der Waals surface area contributed by atoms with Crippen molar-refractivity contribution in [1.82, 2.24) is 4.90 Å². The second-order valence-electron chi connectivity index (χ2n) is 8.14. The molecule has 1 heterocycles. The lowest BCUT2D eigenvalue weighted by Crippen LogP contribution is -3.19. The molecule has 1 aromatic carbocycles.